The molecule has 136 valence electrons. The number of hydrogen-bond donors (Lipinski definition) is 0. The summed E-state index contributed by atoms with van der Waals surface area (Å²) in [5.74, 6) is 0. The molecule has 1 atom stereocenters. The summed E-state index contributed by atoms with van der Waals surface area (Å²) in [4.78, 5) is 0. The Labute approximate surface area is 163 Å². The quantitative estimate of drug-likeness (QED) is 0.218. The Morgan fingerprint density at radius 3 is 2.15 bits per heavy atom. The molecule has 0 bridgehead atoms. The van der Waals surface area contributed by atoms with Crippen molar-refractivity contribution in [1.29, 1.82) is 0 Å². The average Bonchev–Trinajstić information content (AvgIpc) is 2.70. The SMILES string of the molecule is CCCCCCCC[N+]([S-])(c1ccccc1)c1cccc2ccccc12. The van der Waals surface area contributed by atoms with Crippen LogP contribution in [0.25, 0.3) is 10.8 Å². The van der Waals surface area contributed by atoms with Gasteiger partial charge >= 0.3 is 0 Å². The van der Waals surface area contributed by atoms with E-state index in [0.717, 1.165) is 13.0 Å². The van der Waals surface area contributed by atoms with Gasteiger partial charge in [0.15, 0.2) is 0 Å². The Bertz CT molecular complexity index is 809. The van der Waals surface area contributed by atoms with Gasteiger partial charge in [0.2, 0.25) is 0 Å². The minimum absolute atomic E-state index is 0.454. The lowest BCUT2D eigenvalue weighted by Gasteiger charge is -2.44. The molecule has 0 spiro atoms. The summed E-state index contributed by atoms with van der Waals surface area (Å²) in [6.07, 6.45) is 7.71. The molecule has 26 heavy (non-hydrogen) atoms. The summed E-state index contributed by atoms with van der Waals surface area (Å²) in [5, 5.41) is 2.52. The normalized spacial score (nSPS) is 13.6. The topological polar surface area (TPSA) is 0 Å². The van der Waals surface area contributed by atoms with Gasteiger partial charge in [0.1, 0.15) is 11.4 Å². The Morgan fingerprint density at radius 2 is 1.35 bits per heavy atom. The highest BCUT2D eigenvalue weighted by molar-refractivity contribution is 7.58. The van der Waals surface area contributed by atoms with Gasteiger partial charge in [-0.05, 0) is 42.5 Å². The molecule has 0 radical (unpaired) electrons. The van der Waals surface area contributed by atoms with Gasteiger partial charge in [0, 0.05) is 5.39 Å². The number of nitrogens with zero attached hydrogens (tertiary/aromatic N) is 1. The first-order chi connectivity index (χ1) is 12.8. The molecule has 1 nitrogen and oxygen atoms in total. The van der Waals surface area contributed by atoms with E-state index in [4.69, 9.17) is 12.8 Å². The summed E-state index contributed by atoms with van der Waals surface area (Å²) in [7, 11) is 0. The lowest BCUT2D eigenvalue weighted by molar-refractivity contribution is 0.536. The zero-order valence-electron chi connectivity index (χ0n) is 15.7. The number of benzene rings is 3. The smallest absolute Gasteiger partial charge is 0.127 e. The van der Waals surface area contributed by atoms with E-state index < -0.39 is 0 Å². The fourth-order valence-electron chi connectivity index (χ4n) is 3.70. The van der Waals surface area contributed by atoms with Gasteiger partial charge in [0.05, 0.1) is 6.54 Å². The van der Waals surface area contributed by atoms with E-state index in [2.05, 4.69) is 79.7 Å². The van der Waals surface area contributed by atoms with Crippen LogP contribution in [0.2, 0.25) is 0 Å². The van der Waals surface area contributed by atoms with Crippen LogP contribution in [0.5, 0.6) is 0 Å². The fraction of sp³-hybridized carbons (Fsp3) is 0.333. The molecular formula is C24H29NS. The Morgan fingerprint density at radius 1 is 0.692 bits per heavy atom. The van der Waals surface area contributed by atoms with E-state index in [1.54, 1.807) is 0 Å². The summed E-state index contributed by atoms with van der Waals surface area (Å²) in [6.45, 7) is 3.22. The van der Waals surface area contributed by atoms with Crippen LogP contribution in [0.3, 0.4) is 0 Å². The number of unbranched alkanes of at least 4 members (excludes halogenated alkanes) is 5. The average molecular weight is 364 g/mol. The second-order valence-corrected chi connectivity index (χ2v) is 7.69. The number of para-hydroxylation sites is 1. The highest BCUT2D eigenvalue weighted by Crippen LogP contribution is 2.38. The Balaban J connectivity index is 1.91. The van der Waals surface area contributed by atoms with Crippen molar-refractivity contribution < 1.29 is 0 Å². The molecule has 3 aromatic rings. The third kappa shape index (κ3) is 4.31. The van der Waals surface area contributed by atoms with Crippen LogP contribution in [-0.2, 0) is 12.8 Å². The van der Waals surface area contributed by atoms with E-state index >= 15 is 0 Å². The molecule has 0 saturated heterocycles. The predicted molar refractivity (Wildman–Crippen MR) is 117 cm³/mol. The number of rotatable bonds is 9. The molecule has 0 aliphatic heterocycles. The van der Waals surface area contributed by atoms with Gasteiger partial charge in [-0.2, -0.15) is 0 Å². The molecule has 0 amide bonds. The van der Waals surface area contributed by atoms with E-state index in [9.17, 15) is 0 Å². The second-order valence-electron chi connectivity index (χ2n) is 7.06. The molecular weight excluding hydrogens is 334 g/mol. The van der Waals surface area contributed by atoms with E-state index in [1.165, 1.54) is 54.3 Å². The zero-order valence-corrected chi connectivity index (χ0v) is 16.5. The van der Waals surface area contributed by atoms with Crippen molar-refractivity contribution in [2.75, 3.05) is 6.54 Å². The molecule has 2 heteroatoms. The van der Waals surface area contributed by atoms with Gasteiger partial charge in [0.25, 0.3) is 0 Å². The third-order valence-corrected chi connectivity index (χ3v) is 5.75. The summed E-state index contributed by atoms with van der Waals surface area (Å²) >= 11 is 6.30. The summed E-state index contributed by atoms with van der Waals surface area (Å²) in [5.41, 5.74) is 2.41. The van der Waals surface area contributed by atoms with E-state index in [-0.39, 0.29) is 0 Å². The lowest BCUT2D eigenvalue weighted by Crippen LogP contribution is -2.39. The van der Waals surface area contributed by atoms with Crippen molar-refractivity contribution in [1.82, 2.24) is 3.89 Å². The Kier molecular flexibility index (Phi) is 6.76. The molecule has 0 aromatic heterocycles. The van der Waals surface area contributed by atoms with Crippen molar-refractivity contribution in [3.8, 4) is 0 Å². The molecule has 0 aliphatic carbocycles. The van der Waals surface area contributed by atoms with Crippen molar-refractivity contribution in [2.24, 2.45) is 0 Å². The van der Waals surface area contributed by atoms with Crippen molar-refractivity contribution in [2.45, 2.75) is 45.4 Å². The number of quaternary nitrogens is 1. The van der Waals surface area contributed by atoms with Crippen LogP contribution in [-0.4, -0.2) is 6.54 Å². The second kappa shape index (κ2) is 9.25. The number of fused-ring (bicyclic) bond motifs is 1. The number of hydrogen-bond acceptors (Lipinski definition) is 1. The van der Waals surface area contributed by atoms with Crippen LogP contribution in [0, 0.1) is 0 Å². The summed E-state index contributed by atoms with van der Waals surface area (Å²) < 4.78 is 0.454. The molecule has 0 fully saturated rings. The maximum Gasteiger partial charge on any atom is 0.127 e. The molecule has 3 rings (SSSR count). The van der Waals surface area contributed by atoms with Crippen molar-refractivity contribution >= 4 is 35.0 Å². The first-order valence-electron chi connectivity index (χ1n) is 9.89. The maximum absolute atomic E-state index is 6.30. The molecule has 0 heterocycles. The van der Waals surface area contributed by atoms with Crippen molar-refractivity contribution in [3.05, 3.63) is 72.8 Å². The van der Waals surface area contributed by atoms with Crippen LogP contribution >= 0.6 is 0 Å². The molecule has 0 N–H and O–H groups in total. The zero-order chi connectivity index (χ0) is 18.2. The standard InChI is InChI=1S/C24H29NS/c1-2-3-4-5-6-12-20-25(26,22-16-8-7-9-17-22)24-19-13-15-21-14-10-11-18-23(21)24/h7-11,13-19H,2-6,12,20H2,1H3. The Hall–Kier alpha value is -1.77. The third-order valence-electron chi connectivity index (χ3n) is 5.16. The van der Waals surface area contributed by atoms with Gasteiger partial charge in [-0.25, -0.2) is 0 Å². The highest BCUT2D eigenvalue weighted by Gasteiger charge is 2.23. The van der Waals surface area contributed by atoms with Crippen LogP contribution in [0.4, 0.5) is 11.4 Å². The molecule has 1 unspecified atom stereocenters. The molecule has 3 aromatic carbocycles. The highest BCUT2D eigenvalue weighted by atomic mass is 32.1. The fourth-order valence-corrected chi connectivity index (χ4v) is 4.11. The predicted octanol–water partition coefficient (Wildman–Crippen LogP) is 7.30. The van der Waals surface area contributed by atoms with Crippen LogP contribution < -0.4 is 3.89 Å². The molecule has 0 aliphatic rings. The molecule has 0 saturated carbocycles. The van der Waals surface area contributed by atoms with Gasteiger partial charge in [-0.15, -0.1) is 0 Å². The largest absolute Gasteiger partial charge is 0.481 e. The maximum atomic E-state index is 6.30. The van der Waals surface area contributed by atoms with Gasteiger partial charge < -0.3 is 16.7 Å². The van der Waals surface area contributed by atoms with Crippen molar-refractivity contribution in [3.63, 3.8) is 0 Å². The van der Waals surface area contributed by atoms with E-state index in [1.807, 2.05) is 0 Å². The summed E-state index contributed by atoms with van der Waals surface area (Å²) in [6, 6.07) is 25.7. The minimum atomic E-state index is 0.454. The lowest BCUT2D eigenvalue weighted by atomic mass is 10.1. The van der Waals surface area contributed by atoms with Gasteiger partial charge in [-0.1, -0.05) is 81.1 Å². The van der Waals surface area contributed by atoms with E-state index in [0.29, 0.717) is 3.89 Å². The minimum Gasteiger partial charge on any atom is -0.481 e. The first-order valence-corrected chi connectivity index (χ1v) is 10.3. The van der Waals surface area contributed by atoms with Crippen LogP contribution in [0.1, 0.15) is 45.4 Å². The monoisotopic (exact) mass is 363 g/mol. The first kappa shape index (κ1) is 19.0. The van der Waals surface area contributed by atoms with Crippen LogP contribution in [0.15, 0.2) is 72.8 Å². The van der Waals surface area contributed by atoms with Gasteiger partial charge in [-0.3, -0.25) is 0 Å².